The lowest BCUT2D eigenvalue weighted by Crippen LogP contribution is -2.22. The summed E-state index contributed by atoms with van der Waals surface area (Å²) in [6.07, 6.45) is 0.514. The van der Waals surface area contributed by atoms with Crippen LogP contribution in [0.5, 0.6) is 0 Å². The molecule has 132 valence electrons. The quantitative estimate of drug-likeness (QED) is 0.791. The summed E-state index contributed by atoms with van der Waals surface area (Å²) >= 11 is 0. The van der Waals surface area contributed by atoms with E-state index in [4.69, 9.17) is 4.74 Å². The van der Waals surface area contributed by atoms with E-state index < -0.39 is 21.7 Å². The van der Waals surface area contributed by atoms with Gasteiger partial charge in [0.05, 0.1) is 11.5 Å². The maximum atomic E-state index is 11.9. The van der Waals surface area contributed by atoms with Crippen LogP contribution < -0.4 is 5.32 Å². The molecule has 0 aliphatic carbocycles. The van der Waals surface area contributed by atoms with Gasteiger partial charge in [-0.3, -0.25) is 9.59 Å². The van der Waals surface area contributed by atoms with E-state index in [0.717, 1.165) is 5.56 Å². The molecular weight excluding hydrogens is 330 g/mol. The summed E-state index contributed by atoms with van der Waals surface area (Å²) in [5.41, 5.74) is 1.71. The molecule has 0 radical (unpaired) electrons. The largest absolute Gasteiger partial charge is 0.456 e. The molecule has 0 saturated carbocycles. The first-order valence-electron chi connectivity index (χ1n) is 8.01. The number of amides is 1. The summed E-state index contributed by atoms with van der Waals surface area (Å²) in [4.78, 5) is 23.7. The van der Waals surface area contributed by atoms with Gasteiger partial charge >= 0.3 is 5.97 Å². The number of benzene rings is 1. The van der Waals surface area contributed by atoms with E-state index in [2.05, 4.69) is 5.32 Å². The Morgan fingerprint density at radius 2 is 2.00 bits per heavy atom. The molecule has 2 rings (SSSR count). The predicted octanol–water partition coefficient (Wildman–Crippen LogP) is 2.12. The Hall–Kier alpha value is -1.89. The van der Waals surface area contributed by atoms with Crippen LogP contribution in [0, 0.1) is 5.92 Å². The summed E-state index contributed by atoms with van der Waals surface area (Å²) in [7, 11) is -3.01. The van der Waals surface area contributed by atoms with Gasteiger partial charge in [-0.15, -0.1) is 0 Å². The lowest BCUT2D eigenvalue weighted by atomic mass is 10.0. The molecule has 1 aromatic rings. The van der Waals surface area contributed by atoms with Crippen molar-refractivity contribution in [2.75, 3.05) is 23.4 Å². The van der Waals surface area contributed by atoms with Crippen LogP contribution in [0.2, 0.25) is 0 Å². The van der Waals surface area contributed by atoms with Gasteiger partial charge in [0.25, 0.3) is 5.91 Å². The normalized spacial score (nSPS) is 19.2. The molecule has 1 aliphatic heterocycles. The average Bonchev–Trinajstić information content (AvgIpc) is 2.84. The van der Waals surface area contributed by atoms with Crippen LogP contribution in [0.3, 0.4) is 0 Å². The maximum absolute atomic E-state index is 11.9. The van der Waals surface area contributed by atoms with Crippen LogP contribution in [0.25, 0.3) is 0 Å². The third kappa shape index (κ3) is 5.33. The van der Waals surface area contributed by atoms with Gasteiger partial charge in [-0.05, 0) is 29.9 Å². The zero-order chi connectivity index (χ0) is 17.7. The standard InChI is InChI=1S/C17H23NO5S/c1-12(2)14-5-3-4-6-15(14)18-16(19)10-23-17(20)9-13-7-8-24(21,22)11-13/h3-6,12-13H,7-11H2,1-2H3,(H,18,19)/t13-/m1/s1. The van der Waals surface area contributed by atoms with Gasteiger partial charge in [0, 0.05) is 12.1 Å². The second kappa shape index (κ2) is 7.79. The molecular formula is C17H23NO5S. The third-order valence-corrected chi connectivity index (χ3v) is 5.84. The molecule has 1 N–H and O–H groups in total. The number of nitrogens with one attached hydrogen (secondary N) is 1. The molecule has 0 unspecified atom stereocenters. The monoisotopic (exact) mass is 353 g/mol. The van der Waals surface area contributed by atoms with E-state index in [-0.39, 0.29) is 36.4 Å². The van der Waals surface area contributed by atoms with E-state index in [9.17, 15) is 18.0 Å². The fourth-order valence-corrected chi connectivity index (χ4v) is 4.64. The molecule has 1 amide bonds. The molecule has 24 heavy (non-hydrogen) atoms. The lowest BCUT2D eigenvalue weighted by molar-refractivity contribution is -0.148. The number of rotatable bonds is 6. The van der Waals surface area contributed by atoms with Crippen molar-refractivity contribution in [2.24, 2.45) is 5.92 Å². The highest BCUT2D eigenvalue weighted by Gasteiger charge is 2.30. The number of hydrogen-bond acceptors (Lipinski definition) is 5. The van der Waals surface area contributed by atoms with Crippen LogP contribution in [-0.4, -0.2) is 38.4 Å². The van der Waals surface area contributed by atoms with E-state index >= 15 is 0 Å². The van der Waals surface area contributed by atoms with Crippen LogP contribution in [0.1, 0.15) is 38.2 Å². The molecule has 6 nitrogen and oxygen atoms in total. The van der Waals surface area contributed by atoms with Crippen molar-refractivity contribution in [3.63, 3.8) is 0 Å². The van der Waals surface area contributed by atoms with Crippen molar-refractivity contribution in [1.82, 2.24) is 0 Å². The smallest absolute Gasteiger partial charge is 0.306 e. The molecule has 0 spiro atoms. The van der Waals surface area contributed by atoms with Gasteiger partial charge < -0.3 is 10.1 Å². The molecule has 1 saturated heterocycles. The number of carbonyl (C=O) groups is 2. The molecule has 1 atom stereocenters. The van der Waals surface area contributed by atoms with Gasteiger partial charge in [0.2, 0.25) is 0 Å². The molecule has 1 heterocycles. The number of hydrogen-bond donors (Lipinski definition) is 1. The highest BCUT2D eigenvalue weighted by Crippen LogP contribution is 2.24. The zero-order valence-corrected chi connectivity index (χ0v) is 14.8. The summed E-state index contributed by atoms with van der Waals surface area (Å²) < 4.78 is 27.7. The third-order valence-electron chi connectivity index (χ3n) is 4.00. The van der Waals surface area contributed by atoms with Crippen LogP contribution in [0.15, 0.2) is 24.3 Å². The van der Waals surface area contributed by atoms with Gasteiger partial charge in [-0.2, -0.15) is 0 Å². The molecule has 7 heteroatoms. The lowest BCUT2D eigenvalue weighted by Gasteiger charge is -2.14. The van der Waals surface area contributed by atoms with Crippen LogP contribution in [0.4, 0.5) is 5.69 Å². The van der Waals surface area contributed by atoms with Gasteiger partial charge in [0.15, 0.2) is 16.4 Å². The maximum Gasteiger partial charge on any atom is 0.306 e. The number of para-hydroxylation sites is 1. The molecule has 1 aromatic carbocycles. The first kappa shape index (κ1) is 18.4. The van der Waals surface area contributed by atoms with Crippen molar-refractivity contribution in [3.05, 3.63) is 29.8 Å². The van der Waals surface area contributed by atoms with Gasteiger partial charge in [-0.1, -0.05) is 32.0 Å². The second-order valence-corrected chi connectivity index (χ2v) is 8.65. The Balaban J connectivity index is 1.80. The highest BCUT2D eigenvalue weighted by atomic mass is 32.2. The minimum Gasteiger partial charge on any atom is -0.456 e. The summed E-state index contributed by atoms with van der Waals surface area (Å²) in [5.74, 6) is -0.742. The van der Waals surface area contributed by atoms with Crippen LogP contribution in [-0.2, 0) is 24.2 Å². The zero-order valence-electron chi connectivity index (χ0n) is 13.9. The predicted molar refractivity (Wildman–Crippen MR) is 91.5 cm³/mol. The SMILES string of the molecule is CC(C)c1ccccc1NC(=O)COC(=O)C[C@H]1CCS(=O)(=O)C1. The fraction of sp³-hybridized carbons (Fsp3) is 0.529. The Morgan fingerprint density at radius 3 is 2.62 bits per heavy atom. The fourth-order valence-electron chi connectivity index (χ4n) is 2.77. The number of esters is 1. The van der Waals surface area contributed by atoms with Crippen molar-refractivity contribution in [2.45, 2.75) is 32.6 Å². The molecule has 0 bridgehead atoms. The number of anilines is 1. The molecule has 0 aromatic heterocycles. The van der Waals surface area contributed by atoms with Crippen molar-refractivity contribution >= 4 is 27.4 Å². The second-order valence-electron chi connectivity index (χ2n) is 6.42. The van der Waals surface area contributed by atoms with Crippen molar-refractivity contribution in [3.8, 4) is 0 Å². The number of ether oxygens (including phenoxy) is 1. The Morgan fingerprint density at radius 1 is 1.29 bits per heavy atom. The topological polar surface area (TPSA) is 89.5 Å². The minimum absolute atomic E-state index is 0.0239. The van der Waals surface area contributed by atoms with E-state index in [1.807, 2.05) is 32.0 Å². The van der Waals surface area contributed by atoms with E-state index in [0.29, 0.717) is 12.1 Å². The Labute approximate surface area is 142 Å². The first-order chi connectivity index (χ1) is 11.3. The Bertz CT molecular complexity index is 711. The minimum atomic E-state index is -3.01. The number of carbonyl (C=O) groups excluding carboxylic acids is 2. The van der Waals surface area contributed by atoms with E-state index in [1.54, 1.807) is 6.07 Å². The molecule has 1 aliphatic rings. The summed E-state index contributed by atoms with van der Waals surface area (Å²) in [6, 6.07) is 7.47. The van der Waals surface area contributed by atoms with Gasteiger partial charge in [0.1, 0.15) is 0 Å². The van der Waals surface area contributed by atoms with Gasteiger partial charge in [-0.25, -0.2) is 8.42 Å². The van der Waals surface area contributed by atoms with Crippen LogP contribution >= 0.6 is 0 Å². The van der Waals surface area contributed by atoms with E-state index in [1.165, 1.54) is 0 Å². The first-order valence-corrected chi connectivity index (χ1v) is 9.84. The van der Waals surface area contributed by atoms with Crippen molar-refractivity contribution < 1.29 is 22.7 Å². The average molecular weight is 353 g/mol. The molecule has 1 fully saturated rings. The summed E-state index contributed by atoms with van der Waals surface area (Å²) in [6.45, 7) is 3.69. The Kier molecular flexibility index (Phi) is 5.99. The number of sulfone groups is 1. The van der Waals surface area contributed by atoms with Crippen molar-refractivity contribution in [1.29, 1.82) is 0 Å². The highest BCUT2D eigenvalue weighted by molar-refractivity contribution is 7.91. The summed E-state index contributed by atoms with van der Waals surface area (Å²) in [5, 5.41) is 2.74.